The Bertz CT molecular complexity index is 386. The van der Waals surface area contributed by atoms with E-state index in [-0.39, 0.29) is 0 Å². The Morgan fingerprint density at radius 1 is 1.33 bits per heavy atom. The minimum atomic E-state index is 0.559. The molecule has 0 saturated carbocycles. The molecule has 0 fully saturated rings. The highest BCUT2D eigenvalue weighted by Gasteiger charge is 2.25. The van der Waals surface area contributed by atoms with Gasteiger partial charge in [-0.25, -0.2) is 0 Å². The van der Waals surface area contributed by atoms with Crippen LogP contribution in [0.25, 0.3) is 0 Å². The quantitative estimate of drug-likeness (QED) is 0.757. The fourth-order valence-electron chi connectivity index (χ4n) is 2.90. The normalized spacial score (nSPS) is 23.1. The summed E-state index contributed by atoms with van der Waals surface area (Å²) in [7, 11) is 0. The molecule has 1 aliphatic heterocycles. The zero-order valence-corrected chi connectivity index (χ0v) is 8.96. The van der Waals surface area contributed by atoms with Gasteiger partial charge in [-0.15, -0.1) is 0 Å². The lowest BCUT2D eigenvalue weighted by Crippen LogP contribution is -2.18. The van der Waals surface area contributed by atoms with Crippen LogP contribution in [0.5, 0.6) is 5.75 Å². The third-order valence-electron chi connectivity index (χ3n) is 3.70. The van der Waals surface area contributed by atoms with Crippen LogP contribution in [0.1, 0.15) is 35.4 Å². The zero-order valence-electron chi connectivity index (χ0n) is 8.96. The van der Waals surface area contributed by atoms with Crippen molar-refractivity contribution < 1.29 is 4.74 Å². The molecule has 1 unspecified atom stereocenters. The highest BCUT2D eigenvalue weighted by atomic mass is 16.5. The predicted molar refractivity (Wildman–Crippen MR) is 60.4 cm³/mol. The van der Waals surface area contributed by atoms with Gasteiger partial charge in [-0.05, 0) is 48.4 Å². The van der Waals surface area contributed by atoms with E-state index < -0.39 is 0 Å². The molecule has 0 radical (unpaired) electrons. The summed E-state index contributed by atoms with van der Waals surface area (Å²) in [5.74, 6) is 1.74. The molecule has 1 aliphatic carbocycles. The van der Waals surface area contributed by atoms with E-state index in [0.717, 1.165) is 19.6 Å². The first-order valence-corrected chi connectivity index (χ1v) is 5.87. The van der Waals surface area contributed by atoms with Gasteiger partial charge in [0.15, 0.2) is 0 Å². The summed E-state index contributed by atoms with van der Waals surface area (Å²) in [5.41, 5.74) is 10.1. The van der Waals surface area contributed by atoms with E-state index in [9.17, 15) is 0 Å². The third kappa shape index (κ3) is 1.36. The second-order valence-electron chi connectivity index (χ2n) is 4.54. The molecule has 0 aromatic heterocycles. The lowest BCUT2D eigenvalue weighted by Gasteiger charge is -2.25. The van der Waals surface area contributed by atoms with E-state index in [1.54, 1.807) is 0 Å². The van der Waals surface area contributed by atoms with Crippen LogP contribution in [0.2, 0.25) is 0 Å². The van der Waals surface area contributed by atoms with Crippen molar-refractivity contribution in [2.75, 3.05) is 13.2 Å². The van der Waals surface area contributed by atoms with E-state index in [2.05, 4.69) is 12.1 Å². The fourth-order valence-corrected chi connectivity index (χ4v) is 2.90. The van der Waals surface area contributed by atoms with Gasteiger partial charge in [0.25, 0.3) is 0 Å². The van der Waals surface area contributed by atoms with Crippen LogP contribution in [0.4, 0.5) is 0 Å². The smallest absolute Gasteiger partial charge is 0.126 e. The highest BCUT2D eigenvalue weighted by molar-refractivity contribution is 5.50. The molecular weight excluding hydrogens is 186 g/mol. The highest BCUT2D eigenvalue weighted by Crippen LogP contribution is 2.40. The van der Waals surface area contributed by atoms with Crippen LogP contribution in [0.15, 0.2) is 12.1 Å². The van der Waals surface area contributed by atoms with Crippen LogP contribution in [-0.2, 0) is 12.8 Å². The van der Waals surface area contributed by atoms with Crippen LogP contribution in [0, 0.1) is 0 Å². The van der Waals surface area contributed by atoms with Crippen molar-refractivity contribution in [3.8, 4) is 5.75 Å². The maximum Gasteiger partial charge on any atom is 0.126 e. The zero-order chi connectivity index (χ0) is 10.3. The van der Waals surface area contributed by atoms with Gasteiger partial charge in [-0.2, -0.15) is 0 Å². The van der Waals surface area contributed by atoms with Crippen LogP contribution >= 0.6 is 0 Å². The molecule has 2 heteroatoms. The van der Waals surface area contributed by atoms with Crippen molar-refractivity contribution in [3.63, 3.8) is 0 Å². The average Bonchev–Trinajstić information content (AvgIpc) is 2.76. The predicted octanol–water partition coefficient (Wildman–Crippen LogP) is 2.00. The number of benzene rings is 1. The van der Waals surface area contributed by atoms with Gasteiger partial charge in [0.05, 0.1) is 6.61 Å². The van der Waals surface area contributed by atoms with Crippen molar-refractivity contribution >= 4 is 0 Å². The topological polar surface area (TPSA) is 35.2 Å². The molecule has 15 heavy (non-hydrogen) atoms. The number of hydrogen-bond donors (Lipinski definition) is 1. The van der Waals surface area contributed by atoms with Crippen LogP contribution in [0.3, 0.4) is 0 Å². The van der Waals surface area contributed by atoms with Crippen molar-refractivity contribution in [2.45, 2.75) is 31.6 Å². The molecule has 0 bridgehead atoms. The first-order chi connectivity index (χ1) is 7.40. The minimum Gasteiger partial charge on any atom is -0.493 e. The summed E-state index contributed by atoms with van der Waals surface area (Å²) in [5, 5.41) is 0. The molecule has 0 amide bonds. The number of rotatable bonds is 1. The summed E-state index contributed by atoms with van der Waals surface area (Å²) in [6.07, 6.45) is 4.75. The molecule has 2 N–H and O–H groups in total. The van der Waals surface area contributed by atoms with Gasteiger partial charge in [-0.3, -0.25) is 0 Å². The average molecular weight is 203 g/mol. The number of nitrogens with two attached hydrogens (primary N) is 1. The monoisotopic (exact) mass is 203 g/mol. The summed E-state index contributed by atoms with van der Waals surface area (Å²) >= 11 is 0. The van der Waals surface area contributed by atoms with Gasteiger partial charge in [-0.1, -0.05) is 12.1 Å². The Morgan fingerprint density at radius 2 is 2.27 bits per heavy atom. The van der Waals surface area contributed by atoms with E-state index in [1.807, 2.05) is 0 Å². The molecular formula is C13H17NO. The van der Waals surface area contributed by atoms with Crippen molar-refractivity contribution in [1.29, 1.82) is 0 Å². The van der Waals surface area contributed by atoms with Gasteiger partial charge in [0, 0.05) is 6.42 Å². The van der Waals surface area contributed by atoms with Crippen molar-refractivity contribution in [2.24, 2.45) is 5.73 Å². The maximum absolute atomic E-state index is 5.82. The Labute approximate surface area is 90.4 Å². The van der Waals surface area contributed by atoms with Gasteiger partial charge >= 0.3 is 0 Å². The molecule has 1 atom stereocenters. The Balaban J connectivity index is 2.11. The standard InChI is InChI=1S/C13H17NO/c14-8-10-2-1-3-12-11(10)5-4-9-6-7-15-13(9)12/h4-5,10H,1-3,6-8,14H2. The fraction of sp³-hybridized carbons (Fsp3) is 0.538. The van der Waals surface area contributed by atoms with Gasteiger partial charge < -0.3 is 10.5 Å². The van der Waals surface area contributed by atoms with Crippen LogP contribution < -0.4 is 10.5 Å². The Kier molecular flexibility index (Phi) is 2.17. The molecule has 3 rings (SSSR count). The molecule has 1 aromatic rings. The van der Waals surface area contributed by atoms with Crippen molar-refractivity contribution in [3.05, 3.63) is 28.8 Å². The summed E-state index contributed by atoms with van der Waals surface area (Å²) < 4.78 is 5.75. The first-order valence-electron chi connectivity index (χ1n) is 5.87. The molecule has 0 saturated heterocycles. The SMILES string of the molecule is NCC1CCCc2c1ccc1c2OCC1. The summed E-state index contributed by atoms with van der Waals surface area (Å²) in [6.45, 7) is 1.63. The van der Waals surface area contributed by atoms with Crippen molar-refractivity contribution in [1.82, 2.24) is 0 Å². The number of ether oxygens (including phenoxy) is 1. The Hall–Kier alpha value is -1.02. The number of fused-ring (bicyclic) bond motifs is 3. The molecule has 1 aromatic carbocycles. The molecule has 1 heterocycles. The lowest BCUT2D eigenvalue weighted by atomic mass is 9.81. The van der Waals surface area contributed by atoms with Gasteiger partial charge in [0.2, 0.25) is 0 Å². The Morgan fingerprint density at radius 3 is 3.13 bits per heavy atom. The molecule has 2 aliphatic rings. The molecule has 0 spiro atoms. The molecule has 2 nitrogen and oxygen atoms in total. The van der Waals surface area contributed by atoms with Gasteiger partial charge in [0.1, 0.15) is 5.75 Å². The minimum absolute atomic E-state index is 0.559. The first kappa shape index (κ1) is 9.22. The largest absolute Gasteiger partial charge is 0.493 e. The number of hydrogen-bond acceptors (Lipinski definition) is 2. The summed E-state index contributed by atoms with van der Waals surface area (Å²) in [6, 6.07) is 4.51. The van der Waals surface area contributed by atoms with E-state index >= 15 is 0 Å². The maximum atomic E-state index is 5.82. The van der Waals surface area contributed by atoms with Crippen LogP contribution in [-0.4, -0.2) is 13.2 Å². The molecule has 80 valence electrons. The van der Waals surface area contributed by atoms with E-state index in [0.29, 0.717) is 5.92 Å². The lowest BCUT2D eigenvalue weighted by molar-refractivity contribution is 0.350. The third-order valence-corrected chi connectivity index (χ3v) is 3.70. The second kappa shape index (κ2) is 3.53. The van der Waals surface area contributed by atoms with E-state index in [1.165, 1.54) is 41.7 Å². The summed E-state index contributed by atoms with van der Waals surface area (Å²) in [4.78, 5) is 0. The second-order valence-corrected chi connectivity index (χ2v) is 4.54. The van der Waals surface area contributed by atoms with E-state index in [4.69, 9.17) is 10.5 Å².